The minimum absolute atomic E-state index is 0.0835. The number of nitrogens with one attached hydrogen (secondary N) is 1. The standard InChI is InChI=1S/C24H27N3O2S/c1-3-16(2)17-11-13-19(14-12-17)21(20-10-7-15-30-20)26-22(23(28)27-24(25)29)18-8-5-4-6-9-18/h4-16,21-22,26H,3H2,1-2H3,(H3,25,27,28,29)/p+1/t16-,21-,22-/m0/s1. The zero-order valence-corrected chi connectivity index (χ0v) is 18.1. The van der Waals surface area contributed by atoms with Gasteiger partial charge in [-0.3, -0.25) is 10.1 Å². The Kier molecular flexibility index (Phi) is 7.38. The summed E-state index contributed by atoms with van der Waals surface area (Å²) < 4.78 is 0. The Balaban J connectivity index is 1.96. The molecule has 0 aliphatic carbocycles. The minimum Gasteiger partial charge on any atom is -0.351 e. The summed E-state index contributed by atoms with van der Waals surface area (Å²) in [5, 5.41) is 6.28. The summed E-state index contributed by atoms with van der Waals surface area (Å²) in [7, 11) is 0. The number of quaternary nitrogens is 1. The third-order valence-corrected chi connectivity index (χ3v) is 6.35. The maximum Gasteiger partial charge on any atom is 0.319 e. The van der Waals surface area contributed by atoms with Gasteiger partial charge in [0.15, 0.2) is 6.04 Å². The molecule has 0 unspecified atom stereocenters. The molecule has 0 fully saturated rings. The predicted octanol–water partition coefficient (Wildman–Crippen LogP) is 3.85. The Labute approximate surface area is 181 Å². The summed E-state index contributed by atoms with van der Waals surface area (Å²) in [5.74, 6) is 0.0770. The highest BCUT2D eigenvalue weighted by Gasteiger charge is 2.31. The quantitative estimate of drug-likeness (QED) is 0.515. The van der Waals surface area contributed by atoms with E-state index in [4.69, 9.17) is 5.73 Å². The van der Waals surface area contributed by atoms with E-state index in [1.54, 1.807) is 11.3 Å². The van der Waals surface area contributed by atoms with Crippen molar-refractivity contribution in [1.29, 1.82) is 0 Å². The van der Waals surface area contributed by atoms with Crippen molar-refractivity contribution in [3.8, 4) is 0 Å². The lowest BCUT2D eigenvalue weighted by Gasteiger charge is -2.22. The molecule has 0 radical (unpaired) electrons. The Morgan fingerprint density at radius 1 is 0.967 bits per heavy atom. The van der Waals surface area contributed by atoms with Crippen molar-refractivity contribution in [2.75, 3.05) is 0 Å². The molecular weight excluding hydrogens is 394 g/mol. The van der Waals surface area contributed by atoms with Gasteiger partial charge in [-0.2, -0.15) is 0 Å². The summed E-state index contributed by atoms with van der Waals surface area (Å²) in [6.45, 7) is 4.40. The molecule has 3 aromatic rings. The first-order valence-corrected chi connectivity index (χ1v) is 11.0. The molecule has 1 aromatic heterocycles. The fraction of sp³-hybridized carbons (Fsp3) is 0.250. The van der Waals surface area contributed by atoms with Crippen LogP contribution in [0.1, 0.15) is 59.8 Å². The van der Waals surface area contributed by atoms with E-state index >= 15 is 0 Å². The van der Waals surface area contributed by atoms with Crippen LogP contribution in [0.15, 0.2) is 72.1 Å². The van der Waals surface area contributed by atoms with Gasteiger partial charge in [0.25, 0.3) is 5.91 Å². The minimum atomic E-state index is -0.847. The molecule has 156 valence electrons. The lowest BCUT2D eigenvalue weighted by molar-refractivity contribution is -0.713. The maximum absolute atomic E-state index is 12.8. The zero-order valence-electron chi connectivity index (χ0n) is 17.2. The number of hydrogen-bond donors (Lipinski definition) is 3. The average Bonchev–Trinajstić information content (AvgIpc) is 3.28. The van der Waals surface area contributed by atoms with E-state index in [2.05, 4.69) is 49.5 Å². The number of hydrogen-bond acceptors (Lipinski definition) is 3. The zero-order chi connectivity index (χ0) is 21.5. The number of carbonyl (C=O) groups is 2. The van der Waals surface area contributed by atoms with Gasteiger partial charge in [0, 0.05) is 11.1 Å². The van der Waals surface area contributed by atoms with E-state index in [-0.39, 0.29) is 6.04 Å². The molecule has 0 saturated heterocycles. The van der Waals surface area contributed by atoms with E-state index < -0.39 is 18.0 Å². The predicted molar refractivity (Wildman–Crippen MR) is 120 cm³/mol. The van der Waals surface area contributed by atoms with E-state index in [1.807, 2.05) is 47.1 Å². The van der Waals surface area contributed by atoms with Gasteiger partial charge < -0.3 is 11.1 Å². The molecule has 5 nitrogen and oxygen atoms in total. The smallest absolute Gasteiger partial charge is 0.319 e. The normalized spacial score (nSPS) is 13.9. The van der Waals surface area contributed by atoms with Gasteiger partial charge in [-0.05, 0) is 29.3 Å². The largest absolute Gasteiger partial charge is 0.351 e. The molecule has 5 N–H and O–H groups in total. The highest BCUT2D eigenvalue weighted by Crippen LogP contribution is 2.26. The first-order chi connectivity index (χ1) is 14.5. The van der Waals surface area contributed by atoms with Gasteiger partial charge in [0.1, 0.15) is 6.04 Å². The molecule has 2 aromatic carbocycles. The van der Waals surface area contributed by atoms with Gasteiger partial charge in [0.2, 0.25) is 0 Å². The van der Waals surface area contributed by atoms with Gasteiger partial charge in [0.05, 0.1) is 4.88 Å². The number of rotatable bonds is 8. The van der Waals surface area contributed by atoms with Crippen molar-refractivity contribution in [3.63, 3.8) is 0 Å². The molecule has 3 rings (SSSR count). The molecule has 3 atom stereocenters. The van der Waals surface area contributed by atoms with E-state index in [9.17, 15) is 9.59 Å². The SMILES string of the molecule is CC[C@H](C)c1ccc([C@H]([NH2+][C@H](C(=O)NC(N)=O)c2ccccc2)c2cccs2)cc1. The van der Waals surface area contributed by atoms with Crippen LogP contribution in [0.5, 0.6) is 0 Å². The lowest BCUT2D eigenvalue weighted by atomic mass is 9.95. The summed E-state index contributed by atoms with van der Waals surface area (Å²) in [4.78, 5) is 25.3. The highest BCUT2D eigenvalue weighted by molar-refractivity contribution is 7.10. The van der Waals surface area contributed by atoms with Gasteiger partial charge in [-0.1, -0.05) is 74.5 Å². The molecule has 0 saturated carbocycles. The van der Waals surface area contributed by atoms with Gasteiger partial charge in [-0.15, -0.1) is 11.3 Å². The number of carbonyl (C=O) groups excluding carboxylic acids is 2. The molecule has 3 amide bonds. The van der Waals surface area contributed by atoms with E-state index in [1.165, 1.54) is 5.56 Å². The molecular formula is C24H28N3O2S+. The Morgan fingerprint density at radius 3 is 2.20 bits per heavy atom. The fourth-order valence-corrected chi connectivity index (χ4v) is 4.34. The van der Waals surface area contributed by atoms with E-state index in [0.717, 1.165) is 22.4 Å². The molecule has 0 spiro atoms. The first-order valence-electron chi connectivity index (χ1n) is 10.1. The van der Waals surface area contributed by atoms with Crippen LogP contribution in [0, 0.1) is 0 Å². The number of nitrogens with two attached hydrogens (primary N) is 2. The Bertz CT molecular complexity index is 956. The maximum atomic E-state index is 12.8. The Hall–Kier alpha value is -2.96. The molecule has 0 aliphatic heterocycles. The highest BCUT2D eigenvalue weighted by atomic mass is 32.1. The van der Waals surface area contributed by atoms with Crippen molar-refractivity contribution >= 4 is 23.3 Å². The van der Waals surface area contributed by atoms with Gasteiger partial charge >= 0.3 is 6.03 Å². The third-order valence-electron chi connectivity index (χ3n) is 5.40. The van der Waals surface area contributed by atoms with Crippen molar-refractivity contribution < 1.29 is 14.9 Å². The van der Waals surface area contributed by atoms with E-state index in [0.29, 0.717) is 5.92 Å². The van der Waals surface area contributed by atoms with Crippen LogP contribution >= 0.6 is 11.3 Å². The summed E-state index contributed by atoms with van der Waals surface area (Å²) >= 11 is 1.65. The number of urea groups is 1. The van der Waals surface area contributed by atoms with Crippen LogP contribution in [-0.2, 0) is 4.79 Å². The van der Waals surface area contributed by atoms with Crippen molar-refractivity contribution in [2.24, 2.45) is 5.73 Å². The number of primary amides is 1. The first kappa shape index (κ1) is 21.7. The van der Waals surface area contributed by atoms with Crippen LogP contribution < -0.4 is 16.4 Å². The number of benzene rings is 2. The second-order valence-corrected chi connectivity index (χ2v) is 8.38. The average molecular weight is 423 g/mol. The fourth-order valence-electron chi connectivity index (χ4n) is 3.51. The molecule has 0 bridgehead atoms. The van der Waals surface area contributed by atoms with Crippen LogP contribution in [-0.4, -0.2) is 11.9 Å². The van der Waals surface area contributed by atoms with Gasteiger partial charge in [-0.25, -0.2) is 4.79 Å². The third kappa shape index (κ3) is 5.34. The Morgan fingerprint density at radius 2 is 1.63 bits per heavy atom. The molecule has 1 heterocycles. The lowest BCUT2D eigenvalue weighted by Crippen LogP contribution is -2.88. The number of imide groups is 1. The number of thiophene rings is 1. The van der Waals surface area contributed by atoms with Crippen LogP contribution in [0.3, 0.4) is 0 Å². The van der Waals surface area contributed by atoms with Crippen molar-refractivity contribution in [1.82, 2.24) is 5.32 Å². The second kappa shape index (κ2) is 10.2. The van der Waals surface area contributed by atoms with Crippen molar-refractivity contribution in [3.05, 3.63) is 93.7 Å². The van der Waals surface area contributed by atoms with Crippen LogP contribution in [0.2, 0.25) is 0 Å². The number of amides is 3. The van der Waals surface area contributed by atoms with Crippen LogP contribution in [0.4, 0.5) is 4.79 Å². The van der Waals surface area contributed by atoms with Crippen molar-refractivity contribution in [2.45, 2.75) is 38.3 Å². The molecule has 6 heteroatoms. The summed E-state index contributed by atoms with van der Waals surface area (Å²) in [6.07, 6.45) is 1.09. The topological polar surface area (TPSA) is 88.8 Å². The summed E-state index contributed by atoms with van der Waals surface area (Å²) in [5.41, 5.74) is 8.45. The summed E-state index contributed by atoms with van der Waals surface area (Å²) in [6, 6.07) is 20.6. The monoisotopic (exact) mass is 422 g/mol. The second-order valence-electron chi connectivity index (χ2n) is 7.40. The molecule has 30 heavy (non-hydrogen) atoms. The van der Waals surface area contributed by atoms with Crippen LogP contribution in [0.25, 0.3) is 0 Å². The molecule has 0 aliphatic rings.